The van der Waals surface area contributed by atoms with Crippen molar-refractivity contribution in [2.75, 3.05) is 7.05 Å². The van der Waals surface area contributed by atoms with Crippen LogP contribution in [0.1, 0.15) is 11.5 Å². The van der Waals surface area contributed by atoms with E-state index in [1.165, 1.54) is 6.07 Å². The van der Waals surface area contributed by atoms with Crippen molar-refractivity contribution in [3.05, 3.63) is 53.5 Å². The average molecular weight is 301 g/mol. The molecule has 0 aliphatic carbocycles. The van der Waals surface area contributed by atoms with Crippen molar-refractivity contribution in [2.45, 2.75) is 17.2 Å². The summed E-state index contributed by atoms with van der Waals surface area (Å²) in [6, 6.07) is 5.53. The van der Waals surface area contributed by atoms with E-state index in [9.17, 15) is 17.2 Å². The van der Waals surface area contributed by atoms with Gasteiger partial charge in [0.15, 0.2) is 9.84 Å². The van der Waals surface area contributed by atoms with E-state index in [1.54, 1.807) is 13.1 Å². The number of rotatable bonds is 5. The predicted molar refractivity (Wildman–Crippen MR) is 68.7 cm³/mol. The molecule has 7 heteroatoms. The molecule has 1 heterocycles. The van der Waals surface area contributed by atoms with Gasteiger partial charge in [-0.2, -0.15) is 0 Å². The number of hydrogen-bond donors (Lipinski definition) is 1. The molecule has 0 unspecified atom stereocenters. The lowest BCUT2D eigenvalue weighted by Gasteiger charge is -2.04. The van der Waals surface area contributed by atoms with E-state index in [0.717, 1.165) is 12.1 Å². The molecule has 108 valence electrons. The highest BCUT2D eigenvalue weighted by atomic mass is 32.2. The Morgan fingerprint density at radius 3 is 2.50 bits per heavy atom. The quantitative estimate of drug-likeness (QED) is 0.861. The first-order valence-electron chi connectivity index (χ1n) is 5.82. The minimum absolute atomic E-state index is 0.207. The smallest absolute Gasteiger partial charge is 0.188 e. The summed E-state index contributed by atoms with van der Waals surface area (Å²) in [5.74, 6) is -1.61. The maximum Gasteiger partial charge on any atom is 0.188 e. The Kier molecular flexibility index (Phi) is 4.20. The molecule has 4 nitrogen and oxygen atoms in total. The highest BCUT2D eigenvalue weighted by Crippen LogP contribution is 2.21. The zero-order valence-electron chi connectivity index (χ0n) is 10.7. The molecule has 0 atom stereocenters. The van der Waals surface area contributed by atoms with Crippen LogP contribution in [0.2, 0.25) is 0 Å². The third kappa shape index (κ3) is 3.23. The Morgan fingerprint density at radius 1 is 1.15 bits per heavy atom. The Balaban J connectivity index is 2.26. The lowest BCUT2D eigenvalue weighted by Crippen LogP contribution is -2.07. The minimum atomic E-state index is -3.92. The number of sulfone groups is 1. The van der Waals surface area contributed by atoms with Gasteiger partial charge in [0, 0.05) is 6.07 Å². The van der Waals surface area contributed by atoms with Gasteiger partial charge in [-0.15, -0.1) is 0 Å². The summed E-state index contributed by atoms with van der Waals surface area (Å²) in [5.41, 5.74) is 0. The van der Waals surface area contributed by atoms with E-state index in [-0.39, 0.29) is 5.76 Å². The molecule has 0 saturated carbocycles. The van der Waals surface area contributed by atoms with Crippen molar-refractivity contribution in [1.82, 2.24) is 5.32 Å². The Hall–Kier alpha value is -1.73. The molecule has 2 rings (SSSR count). The number of benzene rings is 1. The van der Waals surface area contributed by atoms with Crippen LogP contribution < -0.4 is 5.32 Å². The first-order valence-corrected chi connectivity index (χ1v) is 7.47. The van der Waals surface area contributed by atoms with Crippen LogP contribution in [0.3, 0.4) is 0 Å². The summed E-state index contributed by atoms with van der Waals surface area (Å²) in [6.07, 6.45) is 0. The molecule has 1 aromatic carbocycles. The van der Waals surface area contributed by atoms with Gasteiger partial charge in [0.2, 0.25) is 0 Å². The van der Waals surface area contributed by atoms with Crippen molar-refractivity contribution in [3.8, 4) is 0 Å². The van der Waals surface area contributed by atoms with E-state index >= 15 is 0 Å². The largest absolute Gasteiger partial charge is 0.464 e. The van der Waals surface area contributed by atoms with E-state index in [0.29, 0.717) is 18.4 Å². The van der Waals surface area contributed by atoms with Gasteiger partial charge in [-0.25, -0.2) is 17.2 Å². The molecule has 0 saturated heterocycles. The molecule has 2 aromatic rings. The van der Waals surface area contributed by atoms with Crippen molar-refractivity contribution >= 4 is 9.84 Å². The van der Waals surface area contributed by atoms with Crippen LogP contribution in [0.15, 0.2) is 39.6 Å². The first kappa shape index (κ1) is 14.7. The van der Waals surface area contributed by atoms with Crippen LogP contribution in [0, 0.1) is 11.6 Å². The topological polar surface area (TPSA) is 59.3 Å². The normalized spacial score (nSPS) is 11.8. The summed E-state index contributed by atoms with van der Waals surface area (Å²) >= 11 is 0. The standard InChI is InChI=1S/C13H13F2NO3S/c1-16-7-10-3-4-11(19-10)8-20(17,18)13-5-2-9(14)6-12(13)15/h2-6,16H,7-8H2,1H3. The number of hydrogen-bond acceptors (Lipinski definition) is 4. The van der Waals surface area contributed by atoms with Gasteiger partial charge in [0.25, 0.3) is 0 Å². The van der Waals surface area contributed by atoms with Crippen LogP contribution in [-0.2, 0) is 22.1 Å². The second-order valence-corrected chi connectivity index (χ2v) is 6.19. The fraction of sp³-hybridized carbons (Fsp3) is 0.231. The van der Waals surface area contributed by atoms with Gasteiger partial charge in [0.1, 0.15) is 33.8 Å². The molecular weight excluding hydrogens is 288 g/mol. The Morgan fingerprint density at radius 2 is 1.85 bits per heavy atom. The molecular formula is C13H13F2NO3S. The molecule has 0 fully saturated rings. The maximum absolute atomic E-state index is 13.5. The van der Waals surface area contributed by atoms with Gasteiger partial charge in [-0.1, -0.05) is 0 Å². The summed E-state index contributed by atoms with van der Waals surface area (Å²) in [5, 5.41) is 2.86. The fourth-order valence-corrected chi connectivity index (χ4v) is 3.08. The minimum Gasteiger partial charge on any atom is -0.464 e. The molecule has 0 radical (unpaired) electrons. The van der Waals surface area contributed by atoms with Gasteiger partial charge in [-0.3, -0.25) is 0 Å². The molecule has 1 N–H and O–H groups in total. The highest BCUT2D eigenvalue weighted by Gasteiger charge is 2.22. The molecule has 1 aromatic heterocycles. The van der Waals surface area contributed by atoms with E-state index in [4.69, 9.17) is 4.42 Å². The van der Waals surface area contributed by atoms with Crippen molar-refractivity contribution in [2.24, 2.45) is 0 Å². The average Bonchev–Trinajstić information content (AvgIpc) is 2.75. The first-order chi connectivity index (χ1) is 9.42. The third-order valence-electron chi connectivity index (χ3n) is 2.63. The van der Waals surface area contributed by atoms with Crippen LogP contribution in [0.4, 0.5) is 8.78 Å². The van der Waals surface area contributed by atoms with Gasteiger partial charge in [0.05, 0.1) is 6.54 Å². The molecule has 0 amide bonds. The summed E-state index contributed by atoms with van der Waals surface area (Å²) in [7, 11) is -2.19. The highest BCUT2D eigenvalue weighted by molar-refractivity contribution is 7.90. The molecule has 0 aliphatic heterocycles. The van der Waals surface area contributed by atoms with Crippen LogP contribution in [-0.4, -0.2) is 15.5 Å². The molecule has 0 bridgehead atoms. The van der Waals surface area contributed by atoms with E-state index < -0.39 is 32.1 Å². The Bertz CT molecular complexity index is 710. The zero-order chi connectivity index (χ0) is 14.8. The second-order valence-electron chi connectivity index (χ2n) is 4.23. The van der Waals surface area contributed by atoms with Gasteiger partial charge < -0.3 is 9.73 Å². The van der Waals surface area contributed by atoms with Crippen LogP contribution in [0.25, 0.3) is 0 Å². The fourth-order valence-electron chi connectivity index (χ4n) is 1.76. The van der Waals surface area contributed by atoms with Gasteiger partial charge in [-0.05, 0) is 31.3 Å². The maximum atomic E-state index is 13.5. The van der Waals surface area contributed by atoms with Crippen LogP contribution >= 0.6 is 0 Å². The molecule has 20 heavy (non-hydrogen) atoms. The number of halogens is 2. The van der Waals surface area contributed by atoms with E-state index in [1.807, 2.05) is 0 Å². The number of nitrogens with one attached hydrogen (secondary N) is 1. The number of furan rings is 1. The lowest BCUT2D eigenvalue weighted by molar-refractivity contribution is 0.464. The Labute approximate surface area is 115 Å². The SMILES string of the molecule is CNCc1ccc(CS(=O)(=O)c2ccc(F)cc2F)o1. The summed E-state index contributed by atoms with van der Waals surface area (Å²) < 4.78 is 55.7. The second kappa shape index (κ2) is 5.72. The zero-order valence-corrected chi connectivity index (χ0v) is 11.5. The molecule has 0 aliphatic rings. The summed E-state index contributed by atoms with van der Waals surface area (Å²) in [4.78, 5) is -0.537. The van der Waals surface area contributed by atoms with E-state index in [2.05, 4.69) is 5.32 Å². The third-order valence-corrected chi connectivity index (χ3v) is 4.30. The molecule has 0 spiro atoms. The van der Waals surface area contributed by atoms with Gasteiger partial charge >= 0.3 is 0 Å². The predicted octanol–water partition coefficient (Wildman–Crippen LogP) is 2.25. The monoisotopic (exact) mass is 301 g/mol. The van der Waals surface area contributed by atoms with Crippen molar-refractivity contribution in [1.29, 1.82) is 0 Å². The van der Waals surface area contributed by atoms with Crippen molar-refractivity contribution in [3.63, 3.8) is 0 Å². The van der Waals surface area contributed by atoms with Crippen molar-refractivity contribution < 1.29 is 21.6 Å². The summed E-state index contributed by atoms with van der Waals surface area (Å²) in [6.45, 7) is 0.463. The van der Waals surface area contributed by atoms with Crippen LogP contribution in [0.5, 0.6) is 0 Å². The lowest BCUT2D eigenvalue weighted by atomic mass is 10.3.